The molecule has 2 heterocycles. The summed E-state index contributed by atoms with van der Waals surface area (Å²) >= 11 is 0. The van der Waals surface area contributed by atoms with Gasteiger partial charge >= 0.3 is 6.09 Å². The third kappa shape index (κ3) is 7.29. The van der Waals surface area contributed by atoms with Gasteiger partial charge in [0, 0.05) is 13.6 Å². The van der Waals surface area contributed by atoms with Crippen LogP contribution < -0.4 is 15.8 Å². The second-order valence-corrected chi connectivity index (χ2v) is 12.4. The van der Waals surface area contributed by atoms with E-state index in [-0.39, 0.29) is 37.6 Å². The molecule has 5 unspecified atom stereocenters. The third-order valence-corrected chi connectivity index (χ3v) is 8.31. The number of benzene rings is 2. The molecular weight excluding hydrogens is 569 g/mol. The van der Waals surface area contributed by atoms with Crippen molar-refractivity contribution in [2.75, 3.05) is 26.7 Å². The fourth-order valence-corrected chi connectivity index (χ4v) is 5.71. The first-order chi connectivity index (χ1) is 20.8. The summed E-state index contributed by atoms with van der Waals surface area (Å²) in [5, 5.41) is 2.88. The van der Waals surface area contributed by atoms with Gasteiger partial charge in [0.25, 0.3) is 0 Å². The van der Waals surface area contributed by atoms with Crippen LogP contribution in [0.4, 0.5) is 9.18 Å². The van der Waals surface area contributed by atoms with Crippen LogP contribution in [0.25, 0.3) is 0 Å². The minimum Gasteiger partial charge on any atom is -0.486 e. The molecule has 0 aliphatic carbocycles. The normalized spacial score (nSPS) is 20.8. The van der Waals surface area contributed by atoms with Crippen molar-refractivity contribution in [2.45, 2.75) is 71.0 Å². The number of rotatable bonds is 9. The Bertz CT molecular complexity index is 1330. The molecule has 3 N–H and O–H groups in total. The van der Waals surface area contributed by atoms with Gasteiger partial charge < -0.3 is 30.3 Å². The van der Waals surface area contributed by atoms with E-state index in [0.29, 0.717) is 18.7 Å². The summed E-state index contributed by atoms with van der Waals surface area (Å²) < 4.78 is 25.1. The number of nitrogens with zero attached hydrogens (tertiary/aromatic N) is 3. The molecule has 0 bridgehead atoms. The van der Waals surface area contributed by atoms with Crippen LogP contribution in [0.15, 0.2) is 54.6 Å². The van der Waals surface area contributed by atoms with E-state index >= 15 is 0 Å². The number of halogens is 1. The zero-order chi connectivity index (χ0) is 32.2. The number of nitrogens with two attached hydrogens (primary N) is 1. The molecule has 0 radical (unpaired) electrons. The van der Waals surface area contributed by atoms with Crippen LogP contribution >= 0.6 is 0 Å². The number of likely N-dealkylation sites (N-methyl/N-ethyl adjacent to an activating group) is 1. The number of fused-ring (bicyclic) bond motifs is 1. The Morgan fingerprint density at radius 3 is 2.34 bits per heavy atom. The van der Waals surface area contributed by atoms with E-state index in [4.69, 9.17) is 15.2 Å². The number of amides is 4. The maximum atomic E-state index is 14.2. The van der Waals surface area contributed by atoms with Crippen molar-refractivity contribution in [3.05, 3.63) is 66.0 Å². The number of ether oxygens (including phenoxy) is 2. The summed E-state index contributed by atoms with van der Waals surface area (Å²) in [4.78, 5) is 57.6. The largest absolute Gasteiger partial charge is 0.486 e. The Morgan fingerprint density at radius 1 is 1.07 bits per heavy atom. The van der Waals surface area contributed by atoms with E-state index in [2.05, 4.69) is 5.32 Å². The molecule has 0 spiro atoms. The zero-order valence-corrected chi connectivity index (χ0v) is 25.9. The Balaban J connectivity index is 1.49. The minimum atomic E-state index is -0.948. The predicted molar refractivity (Wildman–Crippen MR) is 161 cm³/mol. The van der Waals surface area contributed by atoms with Gasteiger partial charge in [-0.15, -0.1) is 0 Å². The number of hydrogen-bond acceptors (Lipinski definition) is 7. The standard InChI is InChI=1S/C32H42FN5O6/c1-20(36(5)31(42)43-19-21-9-7-6-8-10-21)29(40)35-28(32(2,3)4)30(41)37-16-15-24-27(37)25(18-38(24)26(39)17-34)44-23-13-11-22(33)12-14-23/h6-14,20,24-25,27-28H,15-19,34H2,1-5H3,(H,35,40). The Hall–Kier alpha value is -4.19. The van der Waals surface area contributed by atoms with Crippen molar-refractivity contribution in [2.24, 2.45) is 11.1 Å². The van der Waals surface area contributed by atoms with E-state index in [1.165, 1.54) is 36.2 Å². The first-order valence-corrected chi connectivity index (χ1v) is 14.8. The molecule has 12 heteroatoms. The smallest absolute Gasteiger partial charge is 0.410 e. The lowest BCUT2D eigenvalue weighted by Gasteiger charge is -2.37. The topological polar surface area (TPSA) is 135 Å². The number of hydrogen-bond donors (Lipinski definition) is 2. The van der Waals surface area contributed by atoms with Gasteiger partial charge in [-0.2, -0.15) is 0 Å². The van der Waals surface area contributed by atoms with Gasteiger partial charge in [-0.05, 0) is 48.6 Å². The minimum absolute atomic E-state index is 0.0593. The molecule has 2 saturated heterocycles. The van der Waals surface area contributed by atoms with Crippen LogP contribution in [0.5, 0.6) is 5.75 Å². The van der Waals surface area contributed by atoms with Gasteiger partial charge in [-0.25, -0.2) is 9.18 Å². The second-order valence-electron chi connectivity index (χ2n) is 12.4. The molecule has 2 aromatic carbocycles. The summed E-state index contributed by atoms with van der Waals surface area (Å²) in [6.07, 6.45) is -0.745. The Morgan fingerprint density at radius 2 is 1.73 bits per heavy atom. The molecular formula is C32H42FN5O6. The average molecular weight is 612 g/mol. The van der Waals surface area contributed by atoms with E-state index in [1.807, 2.05) is 51.1 Å². The fourth-order valence-electron chi connectivity index (χ4n) is 5.71. The maximum Gasteiger partial charge on any atom is 0.410 e. The summed E-state index contributed by atoms with van der Waals surface area (Å²) in [5.74, 6) is -1.09. The van der Waals surface area contributed by atoms with Crippen LogP contribution in [0, 0.1) is 11.2 Å². The van der Waals surface area contributed by atoms with Gasteiger partial charge in [-0.1, -0.05) is 51.1 Å². The highest BCUT2D eigenvalue weighted by molar-refractivity contribution is 5.92. The van der Waals surface area contributed by atoms with E-state index in [0.717, 1.165) is 5.56 Å². The van der Waals surface area contributed by atoms with Crippen LogP contribution in [0.1, 0.15) is 39.7 Å². The van der Waals surface area contributed by atoms with Gasteiger partial charge in [0.15, 0.2) is 0 Å². The highest BCUT2D eigenvalue weighted by atomic mass is 19.1. The maximum absolute atomic E-state index is 14.2. The molecule has 2 aliphatic heterocycles. The van der Waals surface area contributed by atoms with Crippen molar-refractivity contribution in [1.29, 1.82) is 0 Å². The first-order valence-electron chi connectivity index (χ1n) is 14.8. The molecule has 2 aliphatic rings. The van der Waals surface area contributed by atoms with Gasteiger partial charge in [-0.3, -0.25) is 19.3 Å². The highest BCUT2D eigenvalue weighted by Crippen LogP contribution is 2.36. The Labute approximate surface area is 257 Å². The van der Waals surface area contributed by atoms with E-state index < -0.39 is 47.5 Å². The first kappa shape index (κ1) is 32.7. The molecule has 44 heavy (non-hydrogen) atoms. The van der Waals surface area contributed by atoms with Gasteiger partial charge in [0.05, 0.1) is 25.2 Å². The van der Waals surface area contributed by atoms with Gasteiger partial charge in [0.1, 0.15) is 36.4 Å². The highest BCUT2D eigenvalue weighted by Gasteiger charge is 2.54. The lowest BCUT2D eigenvalue weighted by atomic mass is 9.85. The molecule has 5 atom stereocenters. The third-order valence-electron chi connectivity index (χ3n) is 8.31. The summed E-state index contributed by atoms with van der Waals surface area (Å²) in [6.45, 7) is 7.53. The summed E-state index contributed by atoms with van der Waals surface area (Å²) in [6, 6.07) is 12.1. The van der Waals surface area contributed by atoms with E-state index in [1.54, 1.807) is 16.7 Å². The molecule has 238 valence electrons. The molecule has 0 aromatic heterocycles. The van der Waals surface area contributed by atoms with Crippen molar-refractivity contribution in [3.8, 4) is 5.75 Å². The molecule has 4 rings (SSSR count). The van der Waals surface area contributed by atoms with Crippen molar-refractivity contribution < 1.29 is 33.0 Å². The van der Waals surface area contributed by atoms with Crippen molar-refractivity contribution in [1.82, 2.24) is 20.0 Å². The molecule has 11 nitrogen and oxygen atoms in total. The molecule has 2 fully saturated rings. The van der Waals surface area contributed by atoms with Crippen LogP contribution in [0.2, 0.25) is 0 Å². The van der Waals surface area contributed by atoms with Crippen molar-refractivity contribution in [3.63, 3.8) is 0 Å². The molecule has 4 amide bonds. The SMILES string of the molecule is CC(C(=O)NC(C(=O)N1CCC2C1C(Oc1ccc(F)cc1)CN2C(=O)CN)C(C)(C)C)N(C)C(=O)OCc1ccccc1. The lowest BCUT2D eigenvalue weighted by molar-refractivity contribution is -0.142. The van der Waals surface area contributed by atoms with Gasteiger partial charge in [0.2, 0.25) is 17.7 Å². The lowest BCUT2D eigenvalue weighted by Crippen LogP contribution is -2.60. The van der Waals surface area contributed by atoms with Crippen LogP contribution in [-0.4, -0.2) is 95.5 Å². The van der Waals surface area contributed by atoms with Crippen LogP contribution in [0.3, 0.4) is 0 Å². The van der Waals surface area contributed by atoms with Crippen LogP contribution in [-0.2, 0) is 25.7 Å². The monoisotopic (exact) mass is 611 g/mol. The number of carbonyl (C=O) groups is 4. The average Bonchev–Trinajstić information content (AvgIpc) is 3.59. The predicted octanol–water partition coefficient (Wildman–Crippen LogP) is 2.53. The summed E-state index contributed by atoms with van der Waals surface area (Å²) in [7, 11) is 1.47. The zero-order valence-electron chi connectivity index (χ0n) is 25.9. The summed E-state index contributed by atoms with van der Waals surface area (Å²) in [5.41, 5.74) is 5.80. The quantitative estimate of drug-likeness (QED) is 0.445. The molecule has 2 aromatic rings. The number of likely N-dealkylation sites (tertiary alicyclic amines) is 2. The number of nitrogens with one attached hydrogen (secondary N) is 1. The van der Waals surface area contributed by atoms with Crippen molar-refractivity contribution >= 4 is 23.8 Å². The molecule has 0 saturated carbocycles. The second kappa shape index (κ2) is 13.6. The Kier molecular flexibility index (Phi) is 10.1. The fraction of sp³-hybridized carbons (Fsp3) is 0.500. The number of carbonyl (C=O) groups excluding carboxylic acids is 4. The van der Waals surface area contributed by atoms with E-state index in [9.17, 15) is 23.6 Å².